The number of anilines is 1. The molecule has 1 heterocycles. The van der Waals surface area contributed by atoms with Gasteiger partial charge in [0.05, 0.1) is 17.2 Å². The van der Waals surface area contributed by atoms with Crippen molar-refractivity contribution in [2.24, 2.45) is 0 Å². The molecule has 0 aliphatic rings. The van der Waals surface area contributed by atoms with E-state index in [2.05, 4.69) is 30.8 Å². The smallest absolute Gasteiger partial charge is 0.145 e. The quantitative estimate of drug-likeness (QED) is 0.642. The van der Waals surface area contributed by atoms with Gasteiger partial charge in [-0.2, -0.15) is 10.4 Å². The Morgan fingerprint density at radius 3 is 2.63 bits per heavy atom. The molecule has 1 aromatic heterocycles. The van der Waals surface area contributed by atoms with Gasteiger partial charge in [-0.3, -0.25) is 0 Å². The van der Waals surface area contributed by atoms with Crippen LogP contribution in [0.2, 0.25) is 25.7 Å². The number of nitriles is 1. The molecule has 0 atom stereocenters. The number of ether oxygens (including phenoxy) is 1. The Bertz CT molecular complexity index is 468. The van der Waals surface area contributed by atoms with E-state index in [1.807, 2.05) is 13.8 Å². The summed E-state index contributed by atoms with van der Waals surface area (Å²) in [5, 5.41) is 13.4. The van der Waals surface area contributed by atoms with Crippen molar-refractivity contribution in [3.05, 3.63) is 11.8 Å². The van der Waals surface area contributed by atoms with Gasteiger partial charge in [0.1, 0.15) is 12.5 Å². The summed E-state index contributed by atoms with van der Waals surface area (Å²) in [6, 6.07) is 5.11. The zero-order valence-electron chi connectivity index (χ0n) is 12.5. The molecule has 0 fully saturated rings. The minimum absolute atomic E-state index is 0.349. The fourth-order valence-corrected chi connectivity index (χ4v) is 2.38. The molecule has 0 spiro atoms. The van der Waals surface area contributed by atoms with E-state index in [0.717, 1.165) is 18.3 Å². The van der Waals surface area contributed by atoms with Crippen LogP contribution in [0.5, 0.6) is 0 Å². The third-order valence-corrected chi connectivity index (χ3v) is 4.63. The Labute approximate surface area is 116 Å². The van der Waals surface area contributed by atoms with Gasteiger partial charge in [-0.25, -0.2) is 4.68 Å². The van der Waals surface area contributed by atoms with Gasteiger partial charge in [-0.1, -0.05) is 19.6 Å². The van der Waals surface area contributed by atoms with Crippen molar-refractivity contribution in [2.75, 3.05) is 12.3 Å². The molecule has 0 aromatic carbocycles. The first kappa shape index (κ1) is 15.7. The van der Waals surface area contributed by atoms with Crippen molar-refractivity contribution in [3.8, 4) is 6.07 Å². The zero-order valence-corrected chi connectivity index (χ0v) is 13.5. The van der Waals surface area contributed by atoms with Gasteiger partial charge in [-0.05, 0) is 19.9 Å². The van der Waals surface area contributed by atoms with Crippen LogP contribution < -0.4 is 5.73 Å². The van der Waals surface area contributed by atoms with E-state index >= 15 is 0 Å². The van der Waals surface area contributed by atoms with Gasteiger partial charge in [0, 0.05) is 20.7 Å². The van der Waals surface area contributed by atoms with Gasteiger partial charge in [0.25, 0.3) is 0 Å². The fraction of sp³-hybridized carbons (Fsp3) is 0.692. The minimum Gasteiger partial charge on any atom is -0.382 e. The second-order valence-corrected chi connectivity index (χ2v) is 12.2. The van der Waals surface area contributed by atoms with Crippen LogP contribution in [0.4, 0.5) is 5.82 Å². The van der Waals surface area contributed by atoms with Crippen LogP contribution in [0, 0.1) is 11.3 Å². The summed E-state index contributed by atoms with van der Waals surface area (Å²) in [7, 11) is -1.08. The lowest BCUT2D eigenvalue weighted by Gasteiger charge is -2.18. The summed E-state index contributed by atoms with van der Waals surface area (Å²) < 4.78 is 7.34. The first-order valence-electron chi connectivity index (χ1n) is 6.48. The number of rotatable bonds is 6. The molecule has 0 unspecified atom stereocenters. The molecule has 0 saturated carbocycles. The van der Waals surface area contributed by atoms with E-state index in [4.69, 9.17) is 10.5 Å². The molecule has 5 nitrogen and oxygen atoms in total. The van der Waals surface area contributed by atoms with Crippen LogP contribution in [0.25, 0.3) is 0 Å². The van der Waals surface area contributed by atoms with Crippen LogP contribution in [0.15, 0.2) is 6.07 Å². The lowest BCUT2D eigenvalue weighted by molar-refractivity contribution is 0.0752. The lowest BCUT2D eigenvalue weighted by atomic mass is 9.91. The summed E-state index contributed by atoms with van der Waals surface area (Å²) in [5.41, 5.74) is 5.89. The maximum absolute atomic E-state index is 9.19. The highest BCUT2D eigenvalue weighted by Gasteiger charge is 2.25. The standard InChI is InChI=1S/C13H24N4OSi/c1-13(2,9-14)11-8-12(15)16-17(11)10-18-6-7-19(3,4)5/h8H,6-7,10H2,1-5H3,(H2,15,16). The Kier molecular flexibility index (Phi) is 4.77. The van der Waals surface area contributed by atoms with Crippen molar-refractivity contribution in [1.82, 2.24) is 9.78 Å². The van der Waals surface area contributed by atoms with Crippen LogP contribution >= 0.6 is 0 Å². The van der Waals surface area contributed by atoms with Crippen molar-refractivity contribution >= 4 is 13.9 Å². The summed E-state index contributed by atoms with van der Waals surface area (Å²) >= 11 is 0. The molecule has 0 amide bonds. The van der Waals surface area contributed by atoms with Crippen LogP contribution in [-0.4, -0.2) is 24.5 Å². The number of nitrogen functional groups attached to an aromatic ring is 1. The summed E-state index contributed by atoms with van der Waals surface area (Å²) in [5.74, 6) is 0.423. The van der Waals surface area contributed by atoms with Crippen LogP contribution in [0.3, 0.4) is 0 Å². The minimum atomic E-state index is -1.08. The van der Waals surface area contributed by atoms with Crippen molar-refractivity contribution in [3.63, 3.8) is 0 Å². The second-order valence-electron chi connectivity index (χ2n) is 6.54. The predicted octanol–water partition coefficient (Wildman–Crippen LogP) is 2.58. The monoisotopic (exact) mass is 280 g/mol. The van der Waals surface area contributed by atoms with Crippen molar-refractivity contribution < 1.29 is 4.74 Å². The molecule has 1 rings (SSSR count). The van der Waals surface area contributed by atoms with Crippen LogP contribution in [-0.2, 0) is 16.9 Å². The molecule has 0 radical (unpaired) electrons. The first-order chi connectivity index (χ1) is 8.65. The average molecular weight is 280 g/mol. The van der Waals surface area contributed by atoms with Gasteiger partial charge in [0.2, 0.25) is 0 Å². The topological polar surface area (TPSA) is 76.9 Å². The second kappa shape index (κ2) is 5.76. The maximum atomic E-state index is 9.19. The largest absolute Gasteiger partial charge is 0.382 e. The Morgan fingerprint density at radius 2 is 2.11 bits per heavy atom. The normalized spacial score (nSPS) is 12.4. The fourth-order valence-electron chi connectivity index (χ4n) is 1.62. The molecular formula is C13H24N4OSi. The summed E-state index contributed by atoms with van der Waals surface area (Å²) in [6.45, 7) is 11.7. The van der Waals surface area contributed by atoms with Crippen molar-refractivity contribution in [1.29, 1.82) is 5.26 Å². The Balaban J connectivity index is 2.67. The summed E-state index contributed by atoms with van der Waals surface area (Å²) in [6.07, 6.45) is 0. The molecule has 0 aliphatic heterocycles. The average Bonchev–Trinajstić information content (AvgIpc) is 2.65. The van der Waals surface area contributed by atoms with E-state index in [0.29, 0.717) is 12.5 Å². The molecular weight excluding hydrogens is 256 g/mol. The van der Waals surface area contributed by atoms with Gasteiger partial charge in [0.15, 0.2) is 0 Å². The molecule has 19 heavy (non-hydrogen) atoms. The predicted molar refractivity (Wildman–Crippen MR) is 79.4 cm³/mol. The number of nitrogens with two attached hydrogens (primary N) is 1. The number of hydrogen-bond donors (Lipinski definition) is 1. The lowest BCUT2D eigenvalue weighted by Crippen LogP contribution is -2.24. The Morgan fingerprint density at radius 1 is 1.47 bits per heavy atom. The van der Waals surface area contributed by atoms with Gasteiger partial charge >= 0.3 is 0 Å². The van der Waals surface area contributed by atoms with E-state index in [1.54, 1.807) is 10.7 Å². The highest BCUT2D eigenvalue weighted by molar-refractivity contribution is 6.76. The van der Waals surface area contributed by atoms with Gasteiger partial charge < -0.3 is 10.5 Å². The summed E-state index contributed by atoms with van der Waals surface area (Å²) in [4.78, 5) is 0. The number of aromatic nitrogens is 2. The Hall–Kier alpha value is -1.32. The van der Waals surface area contributed by atoms with E-state index in [9.17, 15) is 5.26 Å². The SMILES string of the molecule is CC(C)(C#N)c1cc(N)nn1COCC[Si](C)(C)C. The molecule has 0 bridgehead atoms. The van der Waals surface area contributed by atoms with E-state index in [-0.39, 0.29) is 0 Å². The zero-order chi connectivity index (χ0) is 14.7. The first-order valence-corrected chi connectivity index (χ1v) is 10.2. The van der Waals surface area contributed by atoms with E-state index < -0.39 is 13.5 Å². The number of hydrogen-bond acceptors (Lipinski definition) is 4. The maximum Gasteiger partial charge on any atom is 0.145 e. The van der Waals surface area contributed by atoms with Gasteiger partial charge in [-0.15, -0.1) is 0 Å². The molecule has 0 aliphatic carbocycles. The third kappa shape index (κ3) is 4.69. The third-order valence-electron chi connectivity index (χ3n) is 2.93. The van der Waals surface area contributed by atoms with Crippen LogP contribution in [0.1, 0.15) is 19.5 Å². The molecule has 106 valence electrons. The van der Waals surface area contributed by atoms with E-state index in [1.165, 1.54) is 0 Å². The molecule has 2 N–H and O–H groups in total. The highest BCUT2D eigenvalue weighted by atomic mass is 28.3. The molecule has 1 aromatic rings. The number of nitrogens with zero attached hydrogens (tertiary/aromatic N) is 3. The molecule has 0 saturated heterocycles. The van der Waals surface area contributed by atoms with Crippen molar-refractivity contribution in [2.45, 2.75) is 51.7 Å². The molecule has 6 heteroatoms. The highest BCUT2D eigenvalue weighted by Crippen LogP contribution is 2.24.